The predicted octanol–water partition coefficient (Wildman–Crippen LogP) is 0.945. The highest BCUT2D eigenvalue weighted by molar-refractivity contribution is 7.91. The minimum Gasteiger partial charge on any atom is -0.467 e. The van der Waals surface area contributed by atoms with Crippen LogP contribution in [0, 0.1) is 5.82 Å². The van der Waals surface area contributed by atoms with E-state index in [1.165, 1.54) is 43.2 Å². The van der Waals surface area contributed by atoms with Gasteiger partial charge in [-0.3, -0.25) is 4.79 Å². The van der Waals surface area contributed by atoms with Crippen LogP contribution in [0.2, 0.25) is 0 Å². The average Bonchev–Trinajstić information content (AvgIpc) is 2.88. The van der Waals surface area contributed by atoms with Gasteiger partial charge in [0.2, 0.25) is 5.91 Å². The van der Waals surface area contributed by atoms with Crippen molar-refractivity contribution < 1.29 is 27.1 Å². The number of hydrogen-bond donors (Lipinski definition) is 0. The van der Waals surface area contributed by atoms with Crippen LogP contribution < -0.4 is 0 Å². The maximum absolute atomic E-state index is 13.0. The summed E-state index contributed by atoms with van der Waals surface area (Å²) in [6, 6.07) is 4.02. The van der Waals surface area contributed by atoms with E-state index in [0.29, 0.717) is 12.0 Å². The Morgan fingerprint density at radius 1 is 1.33 bits per heavy atom. The van der Waals surface area contributed by atoms with Gasteiger partial charge in [-0.2, -0.15) is 0 Å². The minimum atomic E-state index is -3.21. The van der Waals surface area contributed by atoms with Crippen LogP contribution in [0.25, 0.3) is 0 Å². The second kappa shape index (κ2) is 7.29. The number of nitrogens with zero attached hydrogens (tertiary/aromatic N) is 1. The molecule has 1 amide bonds. The molecule has 0 spiro atoms. The van der Waals surface area contributed by atoms with Crippen molar-refractivity contribution in [2.45, 2.75) is 31.8 Å². The topological polar surface area (TPSA) is 80.8 Å². The third-order valence-electron chi connectivity index (χ3n) is 4.12. The van der Waals surface area contributed by atoms with E-state index in [1.54, 1.807) is 0 Å². The van der Waals surface area contributed by atoms with Crippen molar-refractivity contribution in [2.75, 3.05) is 18.6 Å². The molecule has 0 unspecified atom stereocenters. The molecular formula is C16H20FNO5S. The van der Waals surface area contributed by atoms with Crippen LogP contribution in [0.15, 0.2) is 24.3 Å². The highest BCUT2D eigenvalue weighted by Gasteiger charge is 2.39. The quantitative estimate of drug-likeness (QED) is 0.733. The van der Waals surface area contributed by atoms with Crippen LogP contribution in [-0.4, -0.2) is 55.9 Å². The summed E-state index contributed by atoms with van der Waals surface area (Å²) in [5, 5.41) is 0. The molecule has 2 rings (SSSR count). The lowest BCUT2D eigenvalue weighted by Gasteiger charge is -2.32. The summed E-state index contributed by atoms with van der Waals surface area (Å²) in [7, 11) is -2.00. The first-order valence-electron chi connectivity index (χ1n) is 7.57. The van der Waals surface area contributed by atoms with E-state index in [1.807, 2.05) is 0 Å². The van der Waals surface area contributed by atoms with Crippen molar-refractivity contribution in [1.29, 1.82) is 0 Å². The van der Waals surface area contributed by atoms with Crippen LogP contribution in [0.3, 0.4) is 0 Å². The van der Waals surface area contributed by atoms with Gasteiger partial charge < -0.3 is 9.64 Å². The molecule has 132 valence electrons. The molecule has 0 aromatic heterocycles. The summed E-state index contributed by atoms with van der Waals surface area (Å²) >= 11 is 0. The first-order valence-corrected chi connectivity index (χ1v) is 9.39. The Hall–Kier alpha value is -1.96. The van der Waals surface area contributed by atoms with Crippen LogP contribution in [0.4, 0.5) is 4.39 Å². The van der Waals surface area contributed by atoms with E-state index in [-0.39, 0.29) is 23.8 Å². The molecule has 0 saturated carbocycles. The number of carbonyl (C=O) groups excluding carboxylic acids is 2. The Labute approximate surface area is 140 Å². The highest BCUT2D eigenvalue weighted by Crippen LogP contribution is 2.22. The van der Waals surface area contributed by atoms with E-state index in [0.717, 1.165) is 0 Å². The van der Waals surface area contributed by atoms with Crippen molar-refractivity contribution in [3.05, 3.63) is 35.6 Å². The van der Waals surface area contributed by atoms with E-state index in [4.69, 9.17) is 0 Å². The molecule has 1 heterocycles. The lowest BCUT2D eigenvalue weighted by Crippen LogP contribution is -2.50. The SMILES string of the molecule is COC(=O)[C@@H](C)N(C(=O)Cc1ccc(F)cc1)[C@@H]1CCS(=O)(=O)C1. The van der Waals surface area contributed by atoms with E-state index in [9.17, 15) is 22.4 Å². The molecule has 1 fully saturated rings. The van der Waals surface area contributed by atoms with Crippen molar-refractivity contribution in [2.24, 2.45) is 0 Å². The molecule has 1 aliphatic heterocycles. The van der Waals surface area contributed by atoms with Gasteiger partial charge in [0.1, 0.15) is 11.9 Å². The minimum absolute atomic E-state index is 0.00805. The second-order valence-corrected chi connectivity index (χ2v) is 8.09. The van der Waals surface area contributed by atoms with Gasteiger partial charge in [-0.1, -0.05) is 12.1 Å². The van der Waals surface area contributed by atoms with Crippen LogP contribution in [0.1, 0.15) is 18.9 Å². The number of esters is 1. The van der Waals surface area contributed by atoms with Crippen LogP contribution in [-0.2, 0) is 30.6 Å². The largest absolute Gasteiger partial charge is 0.467 e. The maximum Gasteiger partial charge on any atom is 0.328 e. The van der Waals surface area contributed by atoms with E-state index in [2.05, 4.69) is 4.74 Å². The lowest BCUT2D eigenvalue weighted by molar-refractivity contribution is -0.153. The molecule has 1 aromatic carbocycles. The molecule has 6 nitrogen and oxygen atoms in total. The van der Waals surface area contributed by atoms with Crippen LogP contribution in [0.5, 0.6) is 0 Å². The molecule has 8 heteroatoms. The number of hydrogen-bond acceptors (Lipinski definition) is 5. The number of sulfone groups is 1. The maximum atomic E-state index is 13.0. The zero-order valence-corrected chi connectivity index (χ0v) is 14.4. The Kier molecular flexibility index (Phi) is 5.58. The molecule has 2 atom stereocenters. The normalized spacial score (nSPS) is 20.4. The molecule has 1 aromatic rings. The van der Waals surface area contributed by atoms with Gasteiger partial charge in [0.25, 0.3) is 0 Å². The number of ether oxygens (including phenoxy) is 1. The fourth-order valence-corrected chi connectivity index (χ4v) is 4.59. The van der Waals surface area contributed by atoms with E-state index < -0.39 is 33.7 Å². The van der Waals surface area contributed by atoms with Gasteiger partial charge in [0.05, 0.1) is 25.0 Å². The Balaban J connectivity index is 2.22. The standard InChI is InChI=1S/C16H20FNO5S/c1-11(16(20)23-2)18(14-7-8-24(21,22)10-14)15(19)9-12-3-5-13(17)6-4-12/h3-6,11,14H,7-10H2,1-2H3/t11-,14-/m1/s1. The predicted molar refractivity (Wildman–Crippen MR) is 85.5 cm³/mol. The zero-order valence-electron chi connectivity index (χ0n) is 13.6. The van der Waals surface area contributed by atoms with Gasteiger partial charge >= 0.3 is 5.97 Å². The molecule has 0 aliphatic carbocycles. The molecule has 24 heavy (non-hydrogen) atoms. The third-order valence-corrected chi connectivity index (χ3v) is 5.87. The van der Waals surface area contributed by atoms with Crippen LogP contribution >= 0.6 is 0 Å². The molecule has 1 aliphatic rings. The fraction of sp³-hybridized carbons (Fsp3) is 0.500. The molecule has 1 saturated heterocycles. The second-order valence-electron chi connectivity index (χ2n) is 5.86. The Morgan fingerprint density at radius 2 is 1.96 bits per heavy atom. The van der Waals surface area contributed by atoms with Gasteiger partial charge in [0, 0.05) is 6.04 Å². The number of amides is 1. The smallest absolute Gasteiger partial charge is 0.328 e. The van der Waals surface area contributed by atoms with Gasteiger partial charge in [-0.05, 0) is 31.0 Å². The number of rotatable bonds is 5. The first kappa shape index (κ1) is 18.4. The Bertz CT molecular complexity index is 716. The summed E-state index contributed by atoms with van der Waals surface area (Å²) in [4.78, 5) is 25.8. The number of methoxy groups -OCH3 is 1. The number of halogens is 1. The van der Waals surface area contributed by atoms with Gasteiger partial charge in [-0.15, -0.1) is 0 Å². The fourth-order valence-electron chi connectivity index (χ4n) is 2.88. The van der Waals surface area contributed by atoms with E-state index >= 15 is 0 Å². The summed E-state index contributed by atoms with van der Waals surface area (Å²) in [6.07, 6.45) is 0.247. The zero-order chi connectivity index (χ0) is 17.9. The van der Waals surface area contributed by atoms with Gasteiger partial charge in [0.15, 0.2) is 9.84 Å². The molecular weight excluding hydrogens is 337 g/mol. The van der Waals surface area contributed by atoms with Crippen molar-refractivity contribution in [3.8, 4) is 0 Å². The lowest BCUT2D eigenvalue weighted by atomic mass is 10.1. The summed E-state index contributed by atoms with van der Waals surface area (Å²) in [5.74, 6) is -1.57. The molecule has 0 N–H and O–H groups in total. The summed E-state index contributed by atoms with van der Waals surface area (Å²) in [6.45, 7) is 1.51. The summed E-state index contributed by atoms with van der Waals surface area (Å²) < 4.78 is 41.1. The highest BCUT2D eigenvalue weighted by atomic mass is 32.2. The van der Waals surface area contributed by atoms with Crippen molar-refractivity contribution in [3.63, 3.8) is 0 Å². The van der Waals surface area contributed by atoms with Crippen molar-refractivity contribution >= 4 is 21.7 Å². The number of benzene rings is 1. The molecule has 0 bridgehead atoms. The Morgan fingerprint density at radius 3 is 2.46 bits per heavy atom. The van der Waals surface area contributed by atoms with Crippen molar-refractivity contribution in [1.82, 2.24) is 4.90 Å². The summed E-state index contributed by atoms with van der Waals surface area (Å²) in [5.41, 5.74) is 0.587. The first-order chi connectivity index (χ1) is 11.2. The number of carbonyl (C=O) groups is 2. The average molecular weight is 357 g/mol. The third kappa shape index (κ3) is 4.31. The van der Waals surface area contributed by atoms with Gasteiger partial charge in [-0.25, -0.2) is 17.6 Å². The monoisotopic (exact) mass is 357 g/mol. The molecule has 0 radical (unpaired) electrons.